The van der Waals surface area contributed by atoms with Gasteiger partial charge in [0.15, 0.2) is 0 Å². The Labute approximate surface area is 71.3 Å². The Kier molecular flexibility index (Phi) is 3.45. The highest BCUT2D eigenvalue weighted by atomic mass is 31.0. The lowest BCUT2D eigenvalue weighted by Gasteiger charge is -2.40. The van der Waals surface area contributed by atoms with Gasteiger partial charge in [0.1, 0.15) is 14.9 Å². The predicted molar refractivity (Wildman–Crippen MR) is 49.5 cm³/mol. The number of hydrogen-bond acceptors (Lipinski definition) is 2. The fourth-order valence-corrected chi connectivity index (χ4v) is 1.56. The highest BCUT2D eigenvalue weighted by Crippen LogP contribution is 2.33. The van der Waals surface area contributed by atoms with Crippen molar-refractivity contribution < 1.29 is 9.73 Å². The molecule has 0 aromatic carbocycles. The molecule has 0 aliphatic heterocycles. The molecule has 0 heterocycles. The molecular weight excluding hydrogens is 159 g/mol. The van der Waals surface area contributed by atoms with Gasteiger partial charge in [-0.1, -0.05) is 25.3 Å². The second-order valence-electron chi connectivity index (χ2n) is 3.60. The lowest BCUT2D eigenvalue weighted by molar-refractivity contribution is -1.05. The molecule has 0 aromatic rings. The van der Waals surface area contributed by atoms with Crippen molar-refractivity contribution >= 4 is 9.39 Å². The summed E-state index contributed by atoms with van der Waals surface area (Å²) in [7, 11) is 2.24. The molecule has 0 bridgehead atoms. The summed E-state index contributed by atoms with van der Waals surface area (Å²) in [5.41, 5.74) is -0.287. The zero-order valence-corrected chi connectivity index (χ0v) is 8.99. The molecule has 0 rings (SSSR count). The average molecular weight is 179 g/mol. The van der Waals surface area contributed by atoms with Crippen molar-refractivity contribution in [3.63, 3.8) is 0 Å². The molecule has 0 fully saturated rings. The molecular formula is C7H20N2OP+. The SMILES string of the molecule is CCC(C)(C(C)C)[N+](N)(O)P. The van der Waals surface area contributed by atoms with Crippen LogP contribution in [0, 0.1) is 5.92 Å². The maximum Gasteiger partial charge on any atom is 0.148 e. The third-order valence-electron chi connectivity index (χ3n) is 2.78. The van der Waals surface area contributed by atoms with E-state index in [0.717, 1.165) is 6.42 Å². The van der Waals surface area contributed by atoms with Crippen LogP contribution < -0.4 is 5.84 Å². The van der Waals surface area contributed by atoms with Gasteiger partial charge in [0, 0.05) is 12.3 Å². The second-order valence-corrected chi connectivity index (χ2v) is 4.39. The zero-order valence-electron chi connectivity index (χ0n) is 7.83. The maximum atomic E-state index is 9.59. The molecule has 0 aliphatic rings. The number of hydroxylamine groups is 1. The standard InChI is InChI=1S/C7H20N2OP/c1-5-7(4,6(2)3)9(8,10)11/h6,10H,5,8,11H2,1-4H3/q+1. The number of nitrogens with two attached hydrogens (primary N) is 1. The van der Waals surface area contributed by atoms with Crippen LogP contribution in [-0.2, 0) is 0 Å². The van der Waals surface area contributed by atoms with Crippen LogP contribution in [0.2, 0.25) is 0 Å². The number of rotatable bonds is 3. The monoisotopic (exact) mass is 179 g/mol. The van der Waals surface area contributed by atoms with E-state index in [2.05, 4.69) is 23.2 Å². The first kappa shape index (κ1) is 11.3. The van der Waals surface area contributed by atoms with Crippen molar-refractivity contribution in [2.45, 2.75) is 39.7 Å². The molecule has 0 saturated heterocycles. The van der Waals surface area contributed by atoms with E-state index in [1.54, 1.807) is 0 Å². The van der Waals surface area contributed by atoms with Crippen LogP contribution in [0.4, 0.5) is 0 Å². The molecule has 0 radical (unpaired) electrons. The van der Waals surface area contributed by atoms with E-state index in [-0.39, 0.29) is 5.54 Å². The van der Waals surface area contributed by atoms with Crippen LogP contribution in [0.15, 0.2) is 0 Å². The van der Waals surface area contributed by atoms with Gasteiger partial charge in [-0.2, -0.15) is 5.21 Å². The molecule has 0 aromatic heterocycles. The third kappa shape index (κ3) is 2.12. The molecule has 68 valence electrons. The fraction of sp³-hybridized carbons (Fsp3) is 1.00. The molecule has 0 saturated carbocycles. The highest BCUT2D eigenvalue weighted by Gasteiger charge is 2.43. The van der Waals surface area contributed by atoms with Crippen LogP contribution in [-0.4, -0.2) is 15.3 Å². The van der Waals surface area contributed by atoms with Crippen molar-refractivity contribution in [2.24, 2.45) is 11.8 Å². The van der Waals surface area contributed by atoms with Gasteiger partial charge in [0.25, 0.3) is 0 Å². The van der Waals surface area contributed by atoms with Gasteiger partial charge in [-0.05, 0) is 6.92 Å². The number of quaternary nitrogens is 1. The fourth-order valence-electron chi connectivity index (χ4n) is 1.08. The molecule has 0 spiro atoms. The summed E-state index contributed by atoms with van der Waals surface area (Å²) in [4.78, 5) is 0. The Hall–Kier alpha value is 0.310. The van der Waals surface area contributed by atoms with Crippen molar-refractivity contribution in [3.8, 4) is 0 Å². The minimum Gasteiger partial charge on any atom is -0.195 e. The molecule has 0 amide bonds. The summed E-state index contributed by atoms with van der Waals surface area (Å²) in [5.74, 6) is 5.93. The van der Waals surface area contributed by atoms with E-state index in [4.69, 9.17) is 5.84 Å². The normalized spacial score (nSPS) is 22.9. The van der Waals surface area contributed by atoms with Crippen molar-refractivity contribution in [1.82, 2.24) is 0 Å². The van der Waals surface area contributed by atoms with Gasteiger partial charge in [-0.25, -0.2) is 0 Å². The molecule has 3 N–H and O–H groups in total. The Balaban J connectivity index is 4.61. The first-order chi connectivity index (χ1) is 4.75. The topological polar surface area (TPSA) is 46.2 Å². The summed E-state index contributed by atoms with van der Waals surface area (Å²) >= 11 is 0. The maximum absolute atomic E-state index is 9.59. The second kappa shape index (κ2) is 3.36. The Morgan fingerprint density at radius 1 is 1.64 bits per heavy atom. The lowest BCUT2D eigenvalue weighted by Crippen LogP contribution is -2.61. The van der Waals surface area contributed by atoms with Gasteiger partial charge in [0.2, 0.25) is 0 Å². The minimum absolute atomic E-state index is 0.287. The molecule has 11 heavy (non-hydrogen) atoms. The van der Waals surface area contributed by atoms with E-state index < -0.39 is 4.53 Å². The minimum atomic E-state index is -0.527. The Bertz CT molecular complexity index is 133. The summed E-state index contributed by atoms with van der Waals surface area (Å²) in [6.07, 6.45) is 0.848. The van der Waals surface area contributed by atoms with E-state index in [0.29, 0.717) is 5.92 Å². The van der Waals surface area contributed by atoms with Crippen molar-refractivity contribution in [1.29, 1.82) is 0 Å². The summed E-state index contributed by atoms with van der Waals surface area (Å²) in [5, 5.41) is 9.59. The van der Waals surface area contributed by atoms with Crippen LogP contribution in [0.1, 0.15) is 34.1 Å². The van der Waals surface area contributed by atoms with Gasteiger partial charge in [0.05, 0.1) is 0 Å². The number of hydrogen-bond donors (Lipinski definition) is 2. The Morgan fingerprint density at radius 3 is 2.00 bits per heavy atom. The van der Waals surface area contributed by atoms with Crippen molar-refractivity contribution in [2.75, 3.05) is 0 Å². The lowest BCUT2D eigenvalue weighted by atomic mass is 9.86. The van der Waals surface area contributed by atoms with Gasteiger partial charge in [-0.15, -0.1) is 5.84 Å². The molecule has 4 heteroatoms. The number of nitrogens with zero attached hydrogens (tertiary/aromatic N) is 1. The molecule has 3 unspecified atom stereocenters. The summed E-state index contributed by atoms with van der Waals surface area (Å²) < 4.78 is -0.527. The van der Waals surface area contributed by atoms with E-state index in [1.807, 2.05) is 13.8 Å². The van der Waals surface area contributed by atoms with Crippen LogP contribution in [0.25, 0.3) is 0 Å². The first-order valence-corrected chi connectivity index (χ1v) is 4.46. The first-order valence-electron chi connectivity index (χ1n) is 3.94. The molecule has 3 atom stereocenters. The van der Waals surface area contributed by atoms with E-state index in [1.165, 1.54) is 0 Å². The van der Waals surface area contributed by atoms with Gasteiger partial charge < -0.3 is 0 Å². The smallest absolute Gasteiger partial charge is 0.148 e. The van der Waals surface area contributed by atoms with Crippen LogP contribution in [0.5, 0.6) is 0 Å². The van der Waals surface area contributed by atoms with E-state index in [9.17, 15) is 5.21 Å². The van der Waals surface area contributed by atoms with Gasteiger partial charge in [-0.3, -0.25) is 0 Å². The third-order valence-corrected chi connectivity index (χ3v) is 3.37. The van der Waals surface area contributed by atoms with Crippen LogP contribution in [0.3, 0.4) is 0 Å². The summed E-state index contributed by atoms with van der Waals surface area (Å²) in [6, 6.07) is 0. The predicted octanol–water partition coefficient (Wildman–Crippen LogP) is 1.68. The quantitative estimate of drug-likeness (QED) is 0.393. The molecule has 0 aliphatic carbocycles. The van der Waals surface area contributed by atoms with Crippen LogP contribution >= 0.6 is 9.39 Å². The van der Waals surface area contributed by atoms with Gasteiger partial charge >= 0.3 is 0 Å². The zero-order chi connectivity index (χ0) is 9.28. The Morgan fingerprint density at radius 2 is 2.00 bits per heavy atom. The van der Waals surface area contributed by atoms with E-state index >= 15 is 0 Å². The largest absolute Gasteiger partial charge is 0.195 e. The average Bonchev–Trinajstić information content (AvgIpc) is 1.83. The van der Waals surface area contributed by atoms with Crippen molar-refractivity contribution in [3.05, 3.63) is 0 Å². The summed E-state index contributed by atoms with van der Waals surface area (Å²) in [6.45, 7) is 8.12. The molecule has 3 nitrogen and oxygen atoms in total. The highest BCUT2D eigenvalue weighted by molar-refractivity contribution is 7.08.